The monoisotopic (exact) mass is 516 g/mol. The van der Waals surface area contributed by atoms with E-state index in [1.54, 1.807) is 30.3 Å². The number of rotatable bonds is 7. The highest BCUT2D eigenvalue weighted by Crippen LogP contribution is 2.38. The van der Waals surface area contributed by atoms with Gasteiger partial charge in [-0.25, -0.2) is 0 Å². The lowest BCUT2D eigenvalue weighted by atomic mass is 9.82. The molecule has 2 aromatic carbocycles. The number of alkyl halides is 3. The number of likely N-dealkylation sites (tertiary alicyclic amines) is 1. The number of benzene rings is 2. The molecule has 0 radical (unpaired) electrons. The highest BCUT2D eigenvalue weighted by Gasteiger charge is 2.44. The highest BCUT2D eigenvalue weighted by atomic mass is 35.5. The van der Waals surface area contributed by atoms with Gasteiger partial charge in [0.25, 0.3) is 0 Å². The number of hydrogen-bond acceptors (Lipinski definition) is 5. The van der Waals surface area contributed by atoms with Crippen LogP contribution in [-0.4, -0.2) is 61.3 Å². The van der Waals surface area contributed by atoms with Crippen molar-refractivity contribution in [2.75, 3.05) is 37.7 Å². The van der Waals surface area contributed by atoms with Crippen LogP contribution in [0.15, 0.2) is 42.5 Å². The Morgan fingerprint density at radius 3 is 2.53 bits per heavy atom. The first-order chi connectivity index (χ1) is 16.1. The molecule has 2 aromatic rings. The Morgan fingerprint density at radius 1 is 1.15 bits per heavy atom. The van der Waals surface area contributed by atoms with Crippen LogP contribution in [0, 0.1) is 11.8 Å². The van der Waals surface area contributed by atoms with E-state index in [1.807, 2.05) is 4.90 Å². The number of hydrogen-bond donors (Lipinski definition) is 1. The van der Waals surface area contributed by atoms with E-state index in [9.17, 15) is 23.1 Å². The predicted molar refractivity (Wildman–Crippen MR) is 125 cm³/mol. The minimum atomic E-state index is -4.40. The molecule has 0 amide bonds. The molecule has 2 fully saturated rings. The first-order valence-electron chi connectivity index (χ1n) is 11.0. The molecule has 2 heterocycles. The molecular formula is C24H25Cl2F3N2O3. The molecule has 0 bridgehead atoms. The Hall–Kier alpha value is -2.00. The highest BCUT2D eigenvalue weighted by molar-refractivity contribution is 6.35. The molecule has 184 valence electrons. The molecule has 2 aliphatic heterocycles. The molecule has 1 N–H and O–H groups in total. The number of piperidine rings is 1. The van der Waals surface area contributed by atoms with Crippen LogP contribution in [0.3, 0.4) is 0 Å². The van der Waals surface area contributed by atoms with E-state index in [0.29, 0.717) is 41.2 Å². The predicted octanol–water partition coefficient (Wildman–Crippen LogP) is 4.99. The van der Waals surface area contributed by atoms with E-state index >= 15 is 0 Å². The van der Waals surface area contributed by atoms with Crippen molar-refractivity contribution in [2.24, 2.45) is 11.8 Å². The van der Waals surface area contributed by atoms with E-state index in [4.69, 9.17) is 27.9 Å². The molecule has 4 atom stereocenters. The largest absolute Gasteiger partial charge is 0.484 e. The zero-order valence-corrected chi connectivity index (χ0v) is 19.7. The van der Waals surface area contributed by atoms with Crippen LogP contribution in [-0.2, 0) is 4.79 Å². The van der Waals surface area contributed by atoms with Gasteiger partial charge in [0, 0.05) is 53.4 Å². The fraction of sp³-hybridized carbons (Fsp3) is 0.458. The summed E-state index contributed by atoms with van der Waals surface area (Å²) in [5, 5.41) is 11.6. The molecule has 2 saturated heterocycles. The first-order valence-corrected chi connectivity index (χ1v) is 11.8. The van der Waals surface area contributed by atoms with Gasteiger partial charge in [-0.2, -0.15) is 13.2 Å². The molecule has 2 aliphatic rings. The fourth-order valence-corrected chi connectivity index (χ4v) is 5.54. The van der Waals surface area contributed by atoms with Gasteiger partial charge in [0.1, 0.15) is 12.0 Å². The van der Waals surface area contributed by atoms with Crippen molar-refractivity contribution in [3.63, 3.8) is 0 Å². The van der Waals surface area contributed by atoms with Gasteiger partial charge in [-0.1, -0.05) is 29.3 Å². The Morgan fingerprint density at radius 2 is 1.88 bits per heavy atom. The third-order valence-corrected chi connectivity index (χ3v) is 7.13. The Kier molecular flexibility index (Phi) is 7.62. The van der Waals surface area contributed by atoms with Crippen molar-refractivity contribution in [3.8, 4) is 5.75 Å². The lowest BCUT2D eigenvalue weighted by molar-refractivity contribution is -0.153. The number of β-amino-alcohol motifs (C(OH)–C–C–N with tert-alkyl or cyclic N) is 1. The average molecular weight is 517 g/mol. The van der Waals surface area contributed by atoms with E-state index in [0.717, 1.165) is 24.9 Å². The number of ether oxygens (including phenoxy) is 1. The summed E-state index contributed by atoms with van der Waals surface area (Å²) in [6, 6.07) is 11.0. The lowest BCUT2D eigenvalue weighted by Gasteiger charge is -2.41. The quantitative estimate of drug-likeness (QED) is 0.525. The minimum Gasteiger partial charge on any atom is -0.484 e. The minimum absolute atomic E-state index is 0.0836. The molecule has 4 unspecified atom stereocenters. The van der Waals surface area contributed by atoms with Gasteiger partial charge >= 0.3 is 6.18 Å². The van der Waals surface area contributed by atoms with Crippen molar-refractivity contribution in [2.45, 2.75) is 24.7 Å². The number of aldehydes is 1. The smallest absolute Gasteiger partial charge is 0.422 e. The van der Waals surface area contributed by atoms with Gasteiger partial charge in [0.05, 0.1) is 12.1 Å². The SMILES string of the molecule is O=CC1C2CN(CC(O)c3ccc(Cl)cc3Cl)CC2CCN1c1ccc(OCC(F)(F)F)cc1. The maximum Gasteiger partial charge on any atom is 0.422 e. The van der Waals surface area contributed by atoms with Crippen molar-refractivity contribution in [1.82, 2.24) is 4.90 Å². The number of nitrogens with zero attached hydrogens (tertiary/aromatic N) is 2. The standard InChI is InChI=1S/C24H25Cl2F3N2O3/c25-16-1-6-19(21(26)9-16)23(33)12-30-10-15-7-8-31(22(13-32)20(15)11-30)17-2-4-18(5-3-17)34-14-24(27,28)29/h1-6,9,13,15,20,22-23,33H,7-8,10-12,14H2. The third-order valence-electron chi connectivity index (χ3n) is 6.57. The number of carbonyl (C=O) groups is 1. The number of fused-ring (bicyclic) bond motifs is 1. The van der Waals surface area contributed by atoms with Crippen LogP contribution in [0.5, 0.6) is 5.75 Å². The molecule has 34 heavy (non-hydrogen) atoms. The van der Waals surface area contributed by atoms with Crippen LogP contribution in [0.1, 0.15) is 18.1 Å². The van der Waals surface area contributed by atoms with Crippen LogP contribution in [0.25, 0.3) is 0 Å². The number of aliphatic hydroxyl groups is 1. The summed E-state index contributed by atoms with van der Waals surface area (Å²) in [6.07, 6.45) is -3.36. The molecule has 0 aromatic heterocycles. The van der Waals surface area contributed by atoms with E-state index in [2.05, 4.69) is 4.90 Å². The summed E-state index contributed by atoms with van der Waals surface area (Å²) in [5.74, 6) is 0.523. The second kappa shape index (κ2) is 10.3. The molecule has 10 heteroatoms. The van der Waals surface area contributed by atoms with Gasteiger partial charge in [-0.3, -0.25) is 4.90 Å². The number of anilines is 1. The average Bonchev–Trinajstić information content (AvgIpc) is 3.19. The molecular weight excluding hydrogens is 492 g/mol. The Labute approximate surface area is 206 Å². The summed E-state index contributed by atoms with van der Waals surface area (Å²) in [6.45, 7) is 1.13. The van der Waals surface area contributed by atoms with Crippen LogP contribution in [0.2, 0.25) is 10.0 Å². The number of carbonyl (C=O) groups excluding carboxylic acids is 1. The molecule has 0 saturated carbocycles. The summed E-state index contributed by atoms with van der Waals surface area (Å²) in [7, 11) is 0. The second-order valence-electron chi connectivity index (χ2n) is 8.83. The van der Waals surface area contributed by atoms with Gasteiger partial charge in [-0.05, 0) is 48.7 Å². The maximum absolute atomic E-state index is 12.4. The van der Waals surface area contributed by atoms with Crippen molar-refractivity contribution >= 4 is 35.2 Å². The summed E-state index contributed by atoms with van der Waals surface area (Å²) in [4.78, 5) is 16.3. The third kappa shape index (κ3) is 5.79. The Balaban J connectivity index is 1.40. The van der Waals surface area contributed by atoms with E-state index in [-0.39, 0.29) is 17.7 Å². The number of aliphatic hydroxyl groups excluding tert-OH is 1. The fourth-order valence-electron chi connectivity index (χ4n) is 5.00. The molecule has 5 nitrogen and oxygen atoms in total. The summed E-state index contributed by atoms with van der Waals surface area (Å²) < 4.78 is 41.9. The van der Waals surface area contributed by atoms with E-state index in [1.165, 1.54) is 12.1 Å². The summed E-state index contributed by atoms with van der Waals surface area (Å²) >= 11 is 12.2. The van der Waals surface area contributed by atoms with Crippen molar-refractivity contribution < 1.29 is 27.8 Å². The molecule has 4 rings (SSSR count). The summed E-state index contributed by atoms with van der Waals surface area (Å²) in [5.41, 5.74) is 1.38. The lowest BCUT2D eigenvalue weighted by Crippen LogP contribution is -2.50. The van der Waals surface area contributed by atoms with Crippen LogP contribution < -0.4 is 9.64 Å². The second-order valence-corrected chi connectivity index (χ2v) is 9.67. The van der Waals surface area contributed by atoms with Gasteiger partial charge in [0.2, 0.25) is 0 Å². The zero-order valence-electron chi connectivity index (χ0n) is 18.2. The molecule has 0 spiro atoms. The van der Waals surface area contributed by atoms with Crippen LogP contribution in [0.4, 0.5) is 18.9 Å². The van der Waals surface area contributed by atoms with E-state index < -0.39 is 18.9 Å². The van der Waals surface area contributed by atoms with Crippen molar-refractivity contribution in [3.05, 3.63) is 58.1 Å². The maximum atomic E-state index is 12.4. The van der Waals surface area contributed by atoms with Gasteiger partial charge in [-0.15, -0.1) is 0 Å². The first kappa shape index (κ1) is 25.1. The zero-order chi connectivity index (χ0) is 24.5. The van der Waals surface area contributed by atoms with Gasteiger partial charge in [0.15, 0.2) is 6.61 Å². The number of halogens is 5. The Bertz CT molecular complexity index is 1010. The topological polar surface area (TPSA) is 53.0 Å². The van der Waals surface area contributed by atoms with Crippen molar-refractivity contribution in [1.29, 1.82) is 0 Å². The van der Waals surface area contributed by atoms with Crippen LogP contribution >= 0.6 is 23.2 Å². The molecule has 0 aliphatic carbocycles. The van der Waals surface area contributed by atoms with Gasteiger partial charge < -0.3 is 19.5 Å². The normalized spacial score (nSPS) is 24.1.